The number of nitrogen functional groups attached to an aromatic ring is 1. The third kappa shape index (κ3) is 3.93. The number of aliphatic hydroxyl groups excluding tert-OH is 2. The second-order valence-electron chi connectivity index (χ2n) is 11.6. The van der Waals surface area contributed by atoms with E-state index in [4.69, 9.17) is 20.2 Å². The summed E-state index contributed by atoms with van der Waals surface area (Å²) in [5.74, 6) is 2.64. The molecule has 4 atom stereocenters. The van der Waals surface area contributed by atoms with Crippen LogP contribution in [0.3, 0.4) is 0 Å². The Morgan fingerprint density at radius 3 is 2.71 bits per heavy atom. The molecule has 0 amide bonds. The van der Waals surface area contributed by atoms with Crippen LogP contribution in [0, 0.1) is 5.92 Å². The number of hydrogen-bond donors (Lipinski definition) is 4. The molecule has 41 heavy (non-hydrogen) atoms. The summed E-state index contributed by atoms with van der Waals surface area (Å²) in [6, 6.07) is 13.5. The normalized spacial score (nSPS) is 28.5. The van der Waals surface area contributed by atoms with Crippen LogP contribution < -0.4 is 15.8 Å². The van der Waals surface area contributed by atoms with Crippen LogP contribution in [-0.4, -0.2) is 70.0 Å². The van der Waals surface area contributed by atoms with Crippen molar-refractivity contribution < 1.29 is 19.7 Å². The maximum Gasteiger partial charge on any atom is 0.152 e. The number of hydrogen-bond acceptors (Lipinski definition) is 10. The van der Waals surface area contributed by atoms with Crippen LogP contribution in [0.1, 0.15) is 31.1 Å². The van der Waals surface area contributed by atoms with Gasteiger partial charge >= 0.3 is 0 Å². The number of aliphatic hydroxyl groups is 2. The molecular weight excluding hydrogens is 524 g/mol. The standard InChI is InChI=1S/C29H30N8O4/c1-36-7-6-19(35-36)18-9-21(37-24(18)28(30)31-14-32-37)27-26(39)25(38)22(41-27)13-40-17-4-2-16-3-5-23(33-20(16)8-17)34-29-10-15(11-29)12-29/h2-9,14-15,22,25-27,38-39H,10-13H2,1H3,(H,33,34)(H2,30,31,32)/t15?,22-,25-,26-,27+,29?/m1/s1. The number of ether oxygens (including phenoxy) is 2. The minimum absolute atomic E-state index is 0.0379. The molecule has 0 radical (unpaired) electrons. The third-order valence-electron chi connectivity index (χ3n) is 8.76. The molecule has 12 heteroatoms. The number of nitrogens with two attached hydrogens (primary N) is 1. The molecular formula is C29H30N8O4. The number of anilines is 2. The fourth-order valence-electron chi connectivity index (χ4n) is 6.52. The number of aromatic nitrogens is 6. The van der Waals surface area contributed by atoms with Crippen LogP contribution in [0.5, 0.6) is 5.75 Å². The Hall–Kier alpha value is -4.26. The second kappa shape index (κ2) is 8.87. The Bertz CT molecular complexity index is 1780. The molecule has 4 aromatic heterocycles. The zero-order chi connectivity index (χ0) is 27.9. The Balaban J connectivity index is 1.02. The van der Waals surface area contributed by atoms with E-state index < -0.39 is 24.4 Å². The number of pyridine rings is 1. The van der Waals surface area contributed by atoms with Crippen molar-refractivity contribution in [1.82, 2.24) is 29.4 Å². The molecule has 9 rings (SSSR count). The van der Waals surface area contributed by atoms with Crippen molar-refractivity contribution in [2.75, 3.05) is 17.7 Å². The molecule has 3 aliphatic carbocycles. The average Bonchev–Trinajstić information content (AvgIpc) is 3.60. The number of fused-ring (bicyclic) bond motifs is 2. The Morgan fingerprint density at radius 2 is 1.95 bits per heavy atom. The summed E-state index contributed by atoms with van der Waals surface area (Å²) in [5.41, 5.74) is 9.75. The van der Waals surface area contributed by atoms with Gasteiger partial charge in [0, 0.05) is 35.8 Å². The zero-order valence-corrected chi connectivity index (χ0v) is 22.4. The Kier molecular flexibility index (Phi) is 5.31. The van der Waals surface area contributed by atoms with Crippen molar-refractivity contribution in [1.29, 1.82) is 0 Å². The van der Waals surface area contributed by atoms with Gasteiger partial charge in [0.1, 0.15) is 54.4 Å². The maximum absolute atomic E-state index is 11.0. The van der Waals surface area contributed by atoms with E-state index in [2.05, 4.69) is 26.6 Å². The minimum atomic E-state index is -1.21. The van der Waals surface area contributed by atoms with Gasteiger partial charge in [0.05, 0.1) is 16.9 Å². The van der Waals surface area contributed by atoms with E-state index in [0.717, 1.165) is 22.6 Å². The van der Waals surface area contributed by atoms with Crippen molar-refractivity contribution >= 4 is 28.1 Å². The number of aryl methyl sites for hydroxylation is 1. The molecule has 5 heterocycles. The maximum atomic E-state index is 11.0. The van der Waals surface area contributed by atoms with Gasteiger partial charge in [0.2, 0.25) is 0 Å². The minimum Gasteiger partial charge on any atom is -0.491 e. The van der Waals surface area contributed by atoms with Gasteiger partial charge < -0.3 is 30.7 Å². The summed E-state index contributed by atoms with van der Waals surface area (Å²) >= 11 is 0. The molecule has 12 nitrogen and oxygen atoms in total. The van der Waals surface area contributed by atoms with Crippen molar-refractivity contribution in [2.24, 2.45) is 13.0 Å². The summed E-state index contributed by atoms with van der Waals surface area (Å²) in [5, 5.41) is 35.4. The summed E-state index contributed by atoms with van der Waals surface area (Å²) in [4.78, 5) is 8.94. The van der Waals surface area contributed by atoms with Gasteiger partial charge in [-0.25, -0.2) is 14.5 Å². The van der Waals surface area contributed by atoms with E-state index >= 15 is 0 Å². The van der Waals surface area contributed by atoms with E-state index in [1.165, 1.54) is 25.6 Å². The molecule has 3 saturated carbocycles. The predicted molar refractivity (Wildman–Crippen MR) is 150 cm³/mol. The van der Waals surface area contributed by atoms with Gasteiger partial charge in [-0.2, -0.15) is 10.2 Å². The molecule has 0 unspecified atom stereocenters. The monoisotopic (exact) mass is 554 g/mol. The summed E-state index contributed by atoms with van der Waals surface area (Å²) in [7, 11) is 1.83. The van der Waals surface area contributed by atoms with Crippen molar-refractivity contribution in [3.63, 3.8) is 0 Å². The molecule has 1 aromatic carbocycles. The van der Waals surface area contributed by atoms with Gasteiger partial charge in [-0.15, -0.1) is 0 Å². The highest BCUT2D eigenvalue weighted by molar-refractivity contribution is 5.87. The lowest BCUT2D eigenvalue weighted by molar-refractivity contribution is -0.0187. The van der Waals surface area contributed by atoms with Crippen LogP contribution in [0.15, 0.2) is 55.0 Å². The lowest BCUT2D eigenvalue weighted by Crippen LogP contribution is -2.63. The van der Waals surface area contributed by atoms with Crippen molar-refractivity contribution in [2.45, 2.75) is 49.2 Å². The van der Waals surface area contributed by atoms with Crippen LogP contribution in [-0.2, 0) is 11.8 Å². The largest absolute Gasteiger partial charge is 0.491 e. The summed E-state index contributed by atoms with van der Waals surface area (Å²) < 4.78 is 15.5. The number of nitrogens with one attached hydrogen (secondary N) is 1. The first kappa shape index (κ1) is 24.5. The SMILES string of the molecule is Cn1ccc(-c2cc([C@@H]3O[C@H](COc4ccc5ccc(NC67CC(C6)C7)nc5c4)[C@@H](O)[C@H]3O)n3ncnc(N)c23)n1. The van der Waals surface area contributed by atoms with Crippen LogP contribution in [0.2, 0.25) is 0 Å². The van der Waals surface area contributed by atoms with Crippen molar-refractivity contribution in [3.05, 3.63) is 60.7 Å². The molecule has 1 saturated heterocycles. The smallest absolute Gasteiger partial charge is 0.152 e. The van der Waals surface area contributed by atoms with Crippen LogP contribution in [0.25, 0.3) is 27.7 Å². The number of benzene rings is 1. The first-order chi connectivity index (χ1) is 19.9. The number of rotatable bonds is 7. The lowest BCUT2D eigenvalue weighted by atomic mass is 9.50. The topological polar surface area (TPSA) is 158 Å². The molecule has 1 aliphatic heterocycles. The molecule has 0 spiro atoms. The first-order valence-electron chi connectivity index (χ1n) is 13.8. The van der Waals surface area contributed by atoms with Gasteiger partial charge in [-0.3, -0.25) is 4.68 Å². The zero-order valence-electron chi connectivity index (χ0n) is 22.4. The van der Waals surface area contributed by atoms with Gasteiger partial charge in [0.15, 0.2) is 5.82 Å². The summed E-state index contributed by atoms with van der Waals surface area (Å²) in [6.45, 7) is 0.0379. The highest BCUT2D eigenvalue weighted by Crippen LogP contribution is 2.58. The molecule has 4 fully saturated rings. The quantitative estimate of drug-likeness (QED) is 0.236. The van der Waals surface area contributed by atoms with Gasteiger partial charge in [-0.1, -0.05) is 0 Å². The Morgan fingerprint density at radius 1 is 1.12 bits per heavy atom. The molecule has 4 aliphatic rings. The third-order valence-corrected chi connectivity index (χ3v) is 8.76. The molecule has 5 aromatic rings. The lowest BCUT2D eigenvalue weighted by Gasteiger charge is -2.62. The fourth-order valence-corrected chi connectivity index (χ4v) is 6.52. The highest BCUT2D eigenvalue weighted by Gasteiger charge is 2.56. The molecule has 210 valence electrons. The van der Waals surface area contributed by atoms with Gasteiger partial charge in [0.25, 0.3) is 0 Å². The average molecular weight is 555 g/mol. The predicted octanol–water partition coefficient (Wildman–Crippen LogP) is 2.47. The fraction of sp³-hybridized carbons (Fsp3) is 0.379. The Labute approximate surface area is 234 Å². The van der Waals surface area contributed by atoms with Crippen LogP contribution >= 0.6 is 0 Å². The number of nitrogens with zero attached hydrogens (tertiary/aromatic N) is 6. The molecule has 5 N–H and O–H groups in total. The van der Waals surface area contributed by atoms with E-state index in [1.807, 2.05) is 49.6 Å². The summed E-state index contributed by atoms with van der Waals surface area (Å²) in [6.07, 6.45) is 2.83. The van der Waals surface area contributed by atoms with E-state index in [-0.39, 0.29) is 18.0 Å². The van der Waals surface area contributed by atoms with Crippen LogP contribution in [0.4, 0.5) is 11.6 Å². The first-order valence-corrected chi connectivity index (χ1v) is 13.8. The van der Waals surface area contributed by atoms with Crippen molar-refractivity contribution in [3.8, 4) is 17.0 Å². The van der Waals surface area contributed by atoms with E-state index in [9.17, 15) is 10.2 Å². The van der Waals surface area contributed by atoms with Gasteiger partial charge in [-0.05, 0) is 61.6 Å². The van der Waals surface area contributed by atoms with E-state index in [0.29, 0.717) is 28.2 Å². The second-order valence-corrected chi connectivity index (χ2v) is 11.6. The molecule has 2 bridgehead atoms. The van der Waals surface area contributed by atoms with E-state index in [1.54, 1.807) is 9.20 Å². The highest BCUT2D eigenvalue weighted by atomic mass is 16.6.